The number of benzene rings is 1. The minimum atomic E-state index is -3.46. The van der Waals surface area contributed by atoms with Gasteiger partial charge >= 0.3 is 0 Å². The zero-order chi connectivity index (χ0) is 16.6. The van der Waals surface area contributed by atoms with Gasteiger partial charge in [0, 0.05) is 25.6 Å². The zero-order valence-electron chi connectivity index (χ0n) is 13.9. The number of nitrogens with two attached hydrogens (primary N) is 1. The summed E-state index contributed by atoms with van der Waals surface area (Å²) in [6.07, 6.45) is 0. The average molecular weight is 454 g/mol. The Morgan fingerprint density at radius 1 is 1.35 bits per heavy atom. The summed E-state index contributed by atoms with van der Waals surface area (Å²) < 4.78 is 21.9. The third-order valence-corrected chi connectivity index (χ3v) is 3.93. The molecule has 0 aliphatic heterocycles. The van der Waals surface area contributed by atoms with Crippen LogP contribution in [0.4, 0.5) is 0 Å². The van der Waals surface area contributed by atoms with E-state index in [9.17, 15) is 8.42 Å². The normalized spacial score (nSPS) is 13.1. The lowest BCUT2D eigenvalue weighted by Crippen LogP contribution is -2.40. The number of hydrogen-bond acceptors (Lipinski definition) is 3. The highest BCUT2D eigenvalue weighted by Gasteiger charge is 2.07. The summed E-state index contributed by atoms with van der Waals surface area (Å²) >= 11 is 0. The van der Waals surface area contributed by atoms with Gasteiger partial charge in [-0.1, -0.05) is 36.8 Å². The van der Waals surface area contributed by atoms with E-state index in [4.69, 9.17) is 5.14 Å². The summed E-state index contributed by atoms with van der Waals surface area (Å²) in [6, 6.07) is 8.36. The molecule has 0 heterocycles. The van der Waals surface area contributed by atoms with Gasteiger partial charge in [0.1, 0.15) is 0 Å². The van der Waals surface area contributed by atoms with Crippen molar-refractivity contribution < 1.29 is 8.42 Å². The lowest BCUT2D eigenvalue weighted by atomic mass is 10.00. The molecular weight excluding hydrogens is 427 g/mol. The smallest absolute Gasteiger partial charge is 0.210 e. The van der Waals surface area contributed by atoms with Crippen molar-refractivity contribution in [1.29, 1.82) is 0 Å². The molecule has 0 fully saturated rings. The van der Waals surface area contributed by atoms with Crippen LogP contribution in [-0.2, 0) is 10.0 Å². The first kappa shape index (κ1) is 22.1. The molecule has 8 heteroatoms. The maximum absolute atomic E-state index is 10.9. The van der Waals surface area contributed by atoms with Gasteiger partial charge in [-0.3, -0.25) is 4.99 Å². The van der Waals surface area contributed by atoms with Gasteiger partial charge in [-0.05, 0) is 19.4 Å². The van der Waals surface area contributed by atoms with Gasteiger partial charge in [-0.15, -0.1) is 24.0 Å². The predicted molar refractivity (Wildman–Crippen MR) is 107 cm³/mol. The quantitative estimate of drug-likeness (QED) is 0.331. The van der Waals surface area contributed by atoms with Gasteiger partial charge in [-0.25, -0.2) is 13.6 Å². The maximum Gasteiger partial charge on any atom is 0.210 e. The highest BCUT2D eigenvalue weighted by atomic mass is 127. The average Bonchev–Trinajstić information content (AvgIpc) is 2.43. The van der Waals surface area contributed by atoms with Crippen molar-refractivity contribution >= 4 is 40.0 Å². The molecule has 0 saturated heterocycles. The molecule has 0 aromatic heterocycles. The second-order valence-corrected chi connectivity index (χ2v) is 7.06. The van der Waals surface area contributed by atoms with E-state index in [0.29, 0.717) is 19.0 Å². The number of halogens is 1. The van der Waals surface area contributed by atoms with Crippen molar-refractivity contribution in [3.63, 3.8) is 0 Å². The topological polar surface area (TPSA) is 96.6 Å². The van der Waals surface area contributed by atoms with Crippen LogP contribution in [0, 0.1) is 6.92 Å². The Hall–Kier alpha value is -0.870. The van der Waals surface area contributed by atoms with Gasteiger partial charge in [-0.2, -0.15) is 0 Å². The number of nitrogens with zero attached hydrogens (tertiary/aromatic N) is 1. The molecule has 23 heavy (non-hydrogen) atoms. The van der Waals surface area contributed by atoms with Gasteiger partial charge in [0.2, 0.25) is 10.0 Å². The molecule has 0 aliphatic carbocycles. The molecule has 0 radical (unpaired) electrons. The SMILES string of the molecule is CCNC(=NCC(C)c1cccc(C)c1)NCCS(N)(=O)=O.I. The van der Waals surface area contributed by atoms with Crippen molar-refractivity contribution in [1.82, 2.24) is 10.6 Å². The largest absolute Gasteiger partial charge is 0.357 e. The highest BCUT2D eigenvalue weighted by molar-refractivity contribution is 14.0. The van der Waals surface area contributed by atoms with E-state index in [1.165, 1.54) is 11.1 Å². The molecule has 0 spiro atoms. The highest BCUT2D eigenvalue weighted by Crippen LogP contribution is 2.16. The van der Waals surface area contributed by atoms with E-state index in [1.807, 2.05) is 13.0 Å². The lowest BCUT2D eigenvalue weighted by molar-refractivity contribution is 0.596. The molecule has 0 bridgehead atoms. The third kappa shape index (κ3) is 9.77. The van der Waals surface area contributed by atoms with Crippen LogP contribution in [0.3, 0.4) is 0 Å². The maximum atomic E-state index is 10.9. The Bertz CT molecular complexity index is 605. The van der Waals surface area contributed by atoms with Crippen LogP contribution in [0.2, 0.25) is 0 Å². The van der Waals surface area contributed by atoms with Crippen molar-refractivity contribution in [2.75, 3.05) is 25.4 Å². The van der Waals surface area contributed by atoms with Crippen molar-refractivity contribution in [2.45, 2.75) is 26.7 Å². The first-order chi connectivity index (χ1) is 10.3. The summed E-state index contributed by atoms with van der Waals surface area (Å²) in [6.45, 7) is 7.71. The Morgan fingerprint density at radius 2 is 2.04 bits per heavy atom. The van der Waals surface area contributed by atoms with E-state index >= 15 is 0 Å². The fourth-order valence-electron chi connectivity index (χ4n) is 1.96. The standard InChI is InChI=1S/C15H26N4O2S.HI/c1-4-17-15(18-8-9-22(16,20)21)19-11-13(3)14-7-5-6-12(2)10-14;/h5-7,10,13H,4,8-9,11H2,1-3H3,(H2,16,20,21)(H2,17,18,19);1H. The molecule has 1 rings (SSSR count). The van der Waals surface area contributed by atoms with Crippen LogP contribution in [0.5, 0.6) is 0 Å². The number of nitrogens with one attached hydrogen (secondary N) is 2. The molecule has 0 saturated carbocycles. The third-order valence-electron chi connectivity index (χ3n) is 3.16. The van der Waals surface area contributed by atoms with Crippen LogP contribution in [0.1, 0.15) is 30.9 Å². The van der Waals surface area contributed by atoms with Crippen LogP contribution < -0.4 is 15.8 Å². The molecular formula is C15H27IN4O2S. The second kappa shape index (κ2) is 10.8. The number of guanidine groups is 1. The van der Waals surface area contributed by atoms with Crippen LogP contribution in [-0.4, -0.2) is 39.8 Å². The van der Waals surface area contributed by atoms with Crippen LogP contribution >= 0.6 is 24.0 Å². The molecule has 1 atom stereocenters. The summed E-state index contributed by atoms with van der Waals surface area (Å²) in [5, 5.41) is 11.0. The monoisotopic (exact) mass is 454 g/mol. The minimum absolute atomic E-state index is 0. The number of aryl methyl sites for hydroxylation is 1. The Balaban J connectivity index is 0.00000484. The molecule has 1 aromatic rings. The molecule has 4 N–H and O–H groups in total. The van der Waals surface area contributed by atoms with Crippen molar-refractivity contribution in [3.8, 4) is 0 Å². The molecule has 0 aliphatic rings. The summed E-state index contributed by atoms with van der Waals surface area (Å²) in [5.41, 5.74) is 2.47. The summed E-state index contributed by atoms with van der Waals surface area (Å²) in [7, 11) is -3.46. The van der Waals surface area contributed by atoms with E-state index in [1.54, 1.807) is 0 Å². The van der Waals surface area contributed by atoms with Crippen molar-refractivity contribution in [3.05, 3.63) is 35.4 Å². The molecule has 1 aromatic carbocycles. The Labute approximate surface area is 156 Å². The van der Waals surface area contributed by atoms with Gasteiger partial charge in [0.15, 0.2) is 5.96 Å². The van der Waals surface area contributed by atoms with E-state index < -0.39 is 10.0 Å². The number of sulfonamides is 1. The molecule has 6 nitrogen and oxygen atoms in total. The molecule has 0 amide bonds. The number of hydrogen-bond donors (Lipinski definition) is 3. The fourth-order valence-corrected chi connectivity index (χ4v) is 2.35. The minimum Gasteiger partial charge on any atom is -0.357 e. The fraction of sp³-hybridized carbons (Fsp3) is 0.533. The first-order valence-electron chi connectivity index (χ1n) is 7.41. The zero-order valence-corrected chi connectivity index (χ0v) is 17.0. The Kier molecular flexibility index (Phi) is 10.4. The van der Waals surface area contributed by atoms with Gasteiger partial charge < -0.3 is 10.6 Å². The number of primary sulfonamides is 1. The van der Waals surface area contributed by atoms with Crippen molar-refractivity contribution in [2.24, 2.45) is 10.1 Å². The number of rotatable bonds is 7. The predicted octanol–water partition coefficient (Wildman–Crippen LogP) is 1.56. The lowest BCUT2D eigenvalue weighted by Gasteiger charge is -2.14. The molecule has 1 unspecified atom stereocenters. The second-order valence-electron chi connectivity index (χ2n) is 5.33. The summed E-state index contributed by atoms with van der Waals surface area (Å²) in [4.78, 5) is 4.50. The van der Waals surface area contributed by atoms with Gasteiger partial charge in [0.05, 0.1) is 5.75 Å². The van der Waals surface area contributed by atoms with E-state index in [0.717, 1.165) is 0 Å². The van der Waals surface area contributed by atoms with E-state index in [2.05, 4.69) is 47.7 Å². The van der Waals surface area contributed by atoms with E-state index in [-0.39, 0.29) is 42.2 Å². The summed E-state index contributed by atoms with van der Waals surface area (Å²) in [5.74, 6) is 0.768. The van der Waals surface area contributed by atoms with Crippen LogP contribution in [0.15, 0.2) is 29.3 Å². The number of aliphatic imine (C=N–C) groups is 1. The Morgan fingerprint density at radius 3 is 2.61 bits per heavy atom. The molecule has 132 valence electrons. The van der Waals surface area contributed by atoms with Gasteiger partial charge in [0.25, 0.3) is 0 Å². The van der Waals surface area contributed by atoms with Crippen LogP contribution in [0.25, 0.3) is 0 Å². The first-order valence-corrected chi connectivity index (χ1v) is 9.12.